The van der Waals surface area contributed by atoms with Crippen LogP contribution in [0.15, 0.2) is 25.0 Å². The Morgan fingerprint density at radius 3 is 2.60 bits per heavy atom. The third-order valence-corrected chi connectivity index (χ3v) is 1.32. The van der Waals surface area contributed by atoms with Crippen molar-refractivity contribution in [1.82, 2.24) is 14.4 Å². The molecule has 10 heavy (non-hydrogen) atoms. The monoisotopic (exact) mass is 135 g/mol. The van der Waals surface area contributed by atoms with Crippen LogP contribution in [-0.4, -0.2) is 19.5 Å². The molecule has 0 amide bonds. The average Bonchev–Trinajstić information content (AvgIpc) is 2.36. The number of imidazole rings is 1. The third-order valence-electron chi connectivity index (χ3n) is 1.32. The zero-order valence-electron chi connectivity index (χ0n) is 5.10. The van der Waals surface area contributed by atoms with Gasteiger partial charge in [-0.25, -0.2) is 9.97 Å². The second-order valence-corrected chi connectivity index (χ2v) is 1.97. The fourth-order valence-corrected chi connectivity index (χ4v) is 0.837. The predicted molar refractivity (Wildman–Crippen MR) is 34.7 cm³/mol. The lowest BCUT2D eigenvalue weighted by Gasteiger charge is -1.92. The van der Waals surface area contributed by atoms with Gasteiger partial charge in [0.1, 0.15) is 18.2 Å². The summed E-state index contributed by atoms with van der Waals surface area (Å²) >= 11 is 0. The first-order valence-corrected chi connectivity index (χ1v) is 2.82. The van der Waals surface area contributed by atoms with Gasteiger partial charge in [0.15, 0.2) is 5.75 Å². The molecule has 0 bridgehead atoms. The van der Waals surface area contributed by atoms with Gasteiger partial charge in [-0.2, -0.15) is 0 Å². The van der Waals surface area contributed by atoms with Crippen LogP contribution < -0.4 is 0 Å². The number of nitrogens with zero attached hydrogens (tertiary/aromatic N) is 3. The summed E-state index contributed by atoms with van der Waals surface area (Å²) < 4.78 is 1.65. The fourth-order valence-electron chi connectivity index (χ4n) is 0.837. The Hall–Kier alpha value is -1.58. The molecule has 50 valence electrons. The molecular formula is C6H5N3O. The number of aromatic nitrogens is 3. The Morgan fingerprint density at radius 1 is 1.20 bits per heavy atom. The zero-order valence-corrected chi connectivity index (χ0v) is 5.10. The molecule has 2 heterocycles. The molecule has 1 N–H and O–H groups in total. The van der Waals surface area contributed by atoms with E-state index in [1.165, 1.54) is 6.20 Å². The second-order valence-electron chi connectivity index (χ2n) is 1.97. The number of fused-ring (bicyclic) bond motifs is 1. The van der Waals surface area contributed by atoms with Crippen LogP contribution in [0.5, 0.6) is 5.75 Å². The molecule has 0 unspecified atom stereocenters. The van der Waals surface area contributed by atoms with Crippen LogP contribution in [0.3, 0.4) is 0 Å². The normalized spacial score (nSPS) is 10.4. The van der Waals surface area contributed by atoms with E-state index in [1.54, 1.807) is 23.3 Å². The molecule has 2 aromatic rings. The van der Waals surface area contributed by atoms with Crippen molar-refractivity contribution in [2.75, 3.05) is 0 Å². The zero-order chi connectivity index (χ0) is 6.97. The highest BCUT2D eigenvalue weighted by Crippen LogP contribution is 2.13. The highest BCUT2D eigenvalue weighted by atomic mass is 16.3. The molecule has 0 saturated heterocycles. The maximum atomic E-state index is 9.14. The molecule has 0 saturated carbocycles. The Bertz CT molecular complexity index is 355. The van der Waals surface area contributed by atoms with Gasteiger partial charge in [-0.1, -0.05) is 0 Å². The summed E-state index contributed by atoms with van der Waals surface area (Å²) in [5.41, 5.74) is 0.676. The van der Waals surface area contributed by atoms with Gasteiger partial charge < -0.3 is 5.11 Å². The van der Waals surface area contributed by atoms with Crippen molar-refractivity contribution in [1.29, 1.82) is 0 Å². The van der Waals surface area contributed by atoms with Crippen LogP contribution in [0.25, 0.3) is 5.52 Å². The van der Waals surface area contributed by atoms with Crippen molar-refractivity contribution in [2.24, 2.45) is 0 Å². The van der Waals surface area contributed by atoms with Crippen molar-refractivity contribution in [2.45, 2.75) is 0 Å². The molecule has 0 aromatic carbocycles. The number of hydrogen-bond donors (Lipinski definition) is 1. The Morgan fingerprint density at radius 2 is 1.90 bits per heavy atom. The van der Waals surface area contributed by atoms with E-state index in [9.17, 15) is 0 Å². The van der Waals surface area contributed by atoms with E-state index >= 15 is 0 Å². The molecule has 0 aliphatic carbocycles. The quantitative estimate of drug-likeness (QED) is 0.570. The van der Waals surface area contributed by atoms with Crippen molar-refractivity contribution < 1.29 is 5.11 Å². The molecule has 0 spiro atoms. The molecule has 0 aliphatic rings. The van der Waals surface area contributed by atoms with Gasteiger partial charge in [-0.05, 0) is 0 Å². The van der Waals surface area contributed by atoms with Crippen LogP contribution in [-0.2, 0) is 0 Å². The van der Waals surface area contributed by atoms with E-state index in [0.29, 0.717) is 5.52 Å². The molecule has 4 heteroatoms. The minimum atomic E-state index is 0.153. The van der Waals surface area contributed by atoms with Gasteiger partial charge in [0.25, 0.3) is 0 Å². The highest BCUT2D eigenvalue weighted by Gasteiger charge is 1.96. The van der Waals surface area contributed by atoms with Crippen LogP contribution in [0.2, 0.25) is 0 Å². The van der Waals surface area contributed by atoms with Crippen molar-refractivity contribution in [3.63, 3.8) is 0 Å². The molecule has 4 nitrogen and oxygen atoms in total. The van der Waals surface area contributed by atoms with E-state index in [4.69, 9.17) is 5.11 Å². The first-order chi connectivity index (χ1) is 4.88. The minimum absolute atomic E-state index is 0.153. The smallest absolute Gasteiger partial charge is 0.159 e. The Kier molecular flexibility index (Phi) is 0.887. The summed E-state index contributed by atoms with van der Waals surface area (Å²) in [5, 5.41) is 9.14. The Balaban J connectivity index is 2.95. The van der Waals surface area contributed by atoms with Crippen LogP contribution in [0.4, 0.5) is 0 Å². The van der Waals surface area contributed by atoms with E-state index in [2.05, 4.69) is 9.97 Å². The first-order valence-electron chi connectivity index (χ1n) is 2.82. The summed E-state index contributed by atoms with van der Waals surface area (Å²) in [4.78, 5) is 7.58. The summed E-state index contributed by atoms with van der Waals surface area (Å²) in [5.74, 6) is 0.153. The van der Waals surface area contributed by atoms with Crippen molar-refractivity contribution >= 4 is 5.52 Å². The van der Waals surface area contributed by atoms with Gasteiger partial charge in [0, 0.05) is 0 Å². The topological polar surface area (TPSA) is 50.4 Å². The molecule has 0 radical (unpaired) electrons. The molecule has 0 aliphatic heterocycles. The number of aromatic hydroxyl groups is 1. The molecule has 0 fully saturated rings. The minimum Gasteiger partial charge on any atom is -0.504 e. The van der Waals surface area contributed by atoms with Crippen LogP contribution >= 0.6 is 0 Å². The summed E-state index contributed by atoms with van der Waals surface area (Å²) in [6, 6.07) is 0. The van der Waals surface area contributed by atoms with Gasteiger partial charge in [0.2, 0.25) is 0 Å². The lowest BCUT2D eigenvalue weighted by molar-refractivity contribution is 0.476. The fraction of sp³-hybridized carbons (Fsp3) is 0. The lowest BCUT2D eigenvalue weighted by atomic mass is 10.5. The number of rotatable bonds is 0. The largest absolute Gasteiger partial charge is 0.504 e. The molecular weight excluding hydrogens is 130 g/mol. The van der Waals surface area contributed by atoms with Crippen LogP contribution in [0, 0.1) is 0 Å². The van der Waals surface area contributed by atoms with Crippen LogP contribution in [0.1, 0.15) is 0 Å². The second kappa shape index (κ2) is 1.70. The number of hydrogen-bond acceptors (Lipinski definition) is 3. The average molecular weight is 135 g/mol. The predicted octanol–water partition coefficient (Wildman–Crippen LogP) is 0.435. The SMILES string of the molecule is Oc1cncn2cncc12. The van der Waals surface area contributed by atoms with Gasteiger partial charge in [0.05, 0.1) is 12.4 Å². The maximum Gasteiger partial charge on any atom is 0.159 e. The van der Waals surface area contributed by atoms with E-state index in [1.807, 2.05) is 0 Å². The van der Waals surface area contributed by atoms with Gasteiger partial charge >= 0.3 is 0 Å². The first kappa shape index (κ1) is 5.22. The maximum absolute atomic E-state index is 9.14. The Labute approximate surface area is 56.8 Å². The summed E-state index contributed by atoms with van der Waals surface area (Å²) in [6.45, 7) is 0. The van der Waals surface area contributed by atoms with Gasteiger partial charge in [-0.15, -0.1) is 0 Å². The molecule has 2 aromatic heterocycles. The lowest BCUT2D eigenvalue weighted by Crippen LogP contribution is -1.82. The van der Waals surface area contributed by atoms with Gasteiger partial charge in [-0.3, -0.25) is 4.40 Å². The highest BCUT2D eigenvalue weighted by molar-refractivity contribution is 5.55. The van der Waals surface area contributed by atoms with E-state index < -0.39 is 0 Å². The van der Waals surface area contributed by atoms with Crippen molar-refractivity contribution in [3.8, 4) is 5.75 Å². The molecule has 0 atom stereocenters. The van der Waals surface area contributed by atoms with Crippen molar-refractivity contribution in [3.05, 3.63) is 25.0 Å². The standard InChI is InChI=1S/C6H5N3O/c10-6-2-8-4-9-3-7-1-5(6)9/h1-4,10H. The molecule has 2 rings (SSSR count). The third kappa shape index (κ3) is 0.556. The van der Waals surface area contributed by atoms with E-state index in [0.717, 1.165) is 0 Å². The summed E-state index contributed by atoms with van der Waals surface area (Å²) in [6.07, 6.45) is 6.14. The summed E-state index contributed by atoms with van der Waals surface area (Å²) in [7, 11) is 0. The van der Waals surface area contributed by atoms with E-state index in [-0.39, 0.29) is 5.75 Å².